The number of hydrogen-bond donors (Lipinski definition) is 34. The third kappa shape index (κ3) is 25.2. The van der Waals surface area contributed by atoms with Gasteiger partial charge in [0.15, 0.2) is 50.3 Å². The average Bonchev–Trinajstić information content (AvgIpc) is 0.740. The second-order valence-electron chi connectivity index (χ2n) is 32.9. The Morgan fingerprint density at radius 1 is 0.366 bits per heavy atom. The normalized spacial score (nSPS) is 45.0. The van der Waals surface area contributed by atoms with Crippen LogP contribution in [0.1, 0.15) is 48.0 Å². The van der Waals surface area contributed by atoms with Crippen LogP contribution in [0, 0.1) is 0 Å². The van der Waals surface area contributed by atoms with E-state index in [1.165, 1.54) is 6.92 Å². The predicted molar refractivity (Wildman–Crippen MR) is 406 cm³/mol. The summed E-state index contributed by atoms with van der Waals surface area (Å²) in [5.41, 5.74) is 0. The monoisotopic (exact) mass is 1920 g/mol. The van der Waals surface area contributed by atoms with Crippen molar-refractivity contribution in [3.63, 3.8) is 0 Å². The maximum Gasteiger partial charge on any atom is 0.364 e. The van der Waals surface area contributed by atoms with Crippen molar-refractivity contribution >= 4 is 35.5 Å². The number of carbonyl (C=O) groups excluding carboxylic acids is 5. The van der Waals surface area contributed by atoms with E-state index in [0.717, 1.165) is 34.6 Å². The van der Waals surface area contributed by atoms with E-state index in [0.29, 0.717) is 0 Å². The Balaban J connectivity index is 1.08. The summed E-state index contributed by atoms with van der Waals surface area (Å²) in [5.74, 6) is -10.4. The summed E-state index contributed by atoms with van der Waals surface area (Å²) < 4.78 is 107. The zero-order valence-electron chi connectivity index (χ0n) is 70.8. The van der Waals surface area contributed by atoms with Crippen LogP contribution in [0.15, 0.2) is 0 Å². The van der Waals surface area contributed by atoms with Crippen molar-refractivity contribution in [2.45, 2.75) is 354 Å². The van der Waals surface area contributed by atoms with Crippen LogP contribution in [0.4, 0.5) is 0 Å². The minimum Gasteiger partial charge on any atom is -0.477 e. The first-order valence-corrected chi connectivity index (χ1v) is 41.5. The summed E-state index contributed by atoms with van der Waals surface area (Å²) in [6.45, 7) is -6.23. The highest BCUT2D eigenvalue weighted by Crippen LogP contribution is 2.42. The fraction of sp³-hybridized carbons (Fsp3) is 0.918. The summed E-state index contributed by atoms with van der Waals surface area (Å²) >= 11 is 0. The van der Waals surface area contributed by atoms with Crippen molar-refractivity contribution < 1.29 is 262 Å². The Labute approximate surface area is 742 Å². The molecule has 0 aromatic rings. The first kappa shape index (κ1) is 110. The number of rotatable bonds is 39. The highest BCUT2D eigenvalue weighted by molar-refractivity contribution is 5.77. The van der Waals surface area contributed by atoms with Crippen molar-refractivity contribution in [3.05, 3.63) is 0 Å². The van der Waals surface area contributed by atoms with Crippen LogP contribution in [-0.4, -0.2) is 556 Å². The van der Waals surface area contributed by atoms with Gasteiger partial charge in [0, 0.05) is 41.0 Å². The van der Waals surface area contributed by atoms with Gasteiger partial charge in [-0.2, -0.15) is 0 Å². The van der Waals surface area contributed by atoms with Crippen LogP contribution in [-0.2, 0) is 114 Å². The molecule has 0 aromatic carbocycles. The molecule has 9 fully saturated rings. The van der Waals surface area contributed by atoms with Gasteiger partial charge in [0.2, 0.25) is 29.5 Å². The molecule has 0 saturated carbocycles. The molecule has 0 radical (unpaired) electrons. The minimum absolute atomic E-state index is 0.835. The van der Waals surface area contributed by atoms with Crippen LogP contribution in [0.3, 0.4) is 0 Å². The van der Waals surface area contributed by atoms with E-state index in [-0.39, 0.29) is 0 Å². The molecule has 0 bridgehead atoms. The third-order valence-corrected chi connectivity index (χ3v) is 23.4. The molecule has 0 aromatic heterocycles. The maximum atomic E-state index is 13.5. The van der Waals surface area contributed by atoms with Gasteiger partial charge in [0.05, 0.1) is 90.4 Å². The van der Waals surface area contributed by atoms with Crippen LogP contribution < -0.4 is 26.6 Å². The molecule has 9 heterocycles. The summed E-state index contributed by atoms with van der Waals surface area (Å²) in [7, 11) is 0. The van der Waals surface area contributed by atoms with Gasteiger partial charge in [-0.15, -0.1) is 0 Å². The minimum atomic E-state index is -3.37. The zero-order chi connectivity index (χ0) is 97.3. The van der Waals surface area contributed by atoms with Crippen LogP contribution >= 0.6 is 0 Å². The van der Waals surface area contributed by atoms with Crippen molar-refractivity contribution in [2.24, 2.45) is 0 Å². The summed E-state index contributed by atoms with van der Waals surface area (Å²) in [5, 5.41) is 338. The largest absolute Gasteiger partial charge is 0.477 e. The van der Waals surface area contributed by atoms with Crippen molar-refractivity contribution in [2.75, 3.05) is 66.1 Å². The number of amides is 5. The van der Waals surface area contributed by atoms with Crippen molar-refractivity contribution in [3.8, 4) is 0 Å². The van der Waals surface area contributed by atoms with Gasteiger partial charge in [-0.25, -0.2) is 4.79 Å². The van der Waals surface area contributed by atoms with E-state index in [4.69, 9.17) is 85.3 Å². The molecule has 0 aliphatic carbocycles. The molecule has 9 rings (SSSR count). The quantitative estimate of drug-likeness (QED) is 0.0272. The van der Waals surface area contributed by atoms with E-state index < -0.39 is 414 Å². The molecule has 5 amide bonds. The van der Waals surface area contributed by atoms with E-state index >= 15 is 0 Å². The number of aliphatic hydroxyl groups is 28. The second kappa shape index (κ2) is 48.0. The first-order valence-electron chi connectivity index (χ1n) is 41.5. The molecule has 50 atom stereocenters. The number of nitrogens with one attached hydrogen (secondary N) is 5. The maximum absolute atomic E-state index is 13.5. The number of hydrogen-bond acceptors (Lipinski definition) is 52. The molecule has 9 aliphatic rings. The lowest BCUT2D eigenvalue weighted by atomic mass is 9.88. The van der Waals surface area contributed by atoms with Crippen LogP contribution in [0.5, 0.6) is 0 Å². The number of carboxylic acids is 1. The SMILES string of the molecule is CC(=O)N[C@H]1[C@H](O[C@@H]([C@H](O)[C@H](CO)NC(C)=O)[C@H](O)CO[C@@H]2O[C@@H](C)[C@@H](O)[C@@H](O)[C@@H]2O)O[C@H](CO)[C@@H](O[C@@H]2O[C@H](CO[C@H]3O[C@H](CO)[C@@H](O)[C@H](O)[C@@H]3O[C@@H]3O[C@H](CO)[C@@H](O)[C@H](O)[C@H]3NC(C)=O)[C@@H](O)[C@H](O[C@H]3O[C@H](CO)[C@@H](O)[C@H](O)[C@@H]3O[C@@H]3O[C@H](CO)[C@@H](O)[C@H](O[C@@H]4O[C@H](CO)[C@H](O)[C@H](O[C@]5(C(=O)O)C[C@H](O)[C@@H](NC(C)=O)[C@H]([C@H](O)[C@H](O)CO)O5)[C@H]4O)[C@H]3NC(C)=O)[C@@H]2O)[C@@H]1O. The van der Waals surface area contributed by atoms with Gasteiger partial charge in [-0.05, 0) is 6.92 Å². The van der Waals surface area contributed by atoms with Crippen molar-refractivity contribution in [1.29, 1.82) is 0 Å². The van der Waals surface area contributed by atoms with Gasteiger partial charge >= 0.3 is 5.97 Å². The summed E-state index contributed by atoms with van der Waals surface area (Å²) in [4.78, 5) is 77.4. The molecular weight excluding hydrogens is 1790 g/mol. The molecule has 9 saturated heterocycles. The number of carboxylic acid groups (broad SMARTS) is 1. The van der Waals surface area contributed by atoms with Gasteiger partial charge in [0.25, 0.3) is 5.79 Å². The van der Waals surface area contributed by atoms with Gasteiger partial charge in [-0.1, -0.05) is 0 Å². The number of aliphatic hydroxyl groups excluding tert-OH is 28. The molecule has 758 valence electrons. The van der Waals surface area contributed by atoms with E-state index in [1.54, 1.807) is 0 Å². The third-order valence-electron chi connectivity index (χ3n) is 23.4. The summed E-state index contributed by atoms with van der Waals surface area (Å²) in [6, 6.07) is -9.67. The van der Waals surface area contributed by atoms with Crippen LogP contribution in [0.25, 0.3) is 0 Å². The molecule has 9 aliphatic heterocycles. The molecule has 58 heteroatoms. The van der Waals surface area contributed by atoms with E-state index in [9.17, 15) is 177 Å². The molecule has 131 heavy (non-hydrogen) atoms. The Morgan fingerprint density at radius 2 is 0.786 bits per heavy atom. The number of ether oxygens (including phenoxy) is 18. The molecule has 34 N–H and O–H groups in total. The highest BCUT2D eigenvalue weighted by Gasteiger charge is 2.64. The van der Waals surface area contributed by atoms with E-state index in [2.05, 4.69) is 26.6 Å². The Hall–Kier alpha value is -5.02. The molecule has 0 unspecified atom stereocenters. The molecule has 58 nitrogen and oxygen atoms in total. The fourth-order valence-corrected chi connectivity index (χ4v) is 16.5. The summed E-state index contributed by atoms with van der Waals surface area (Å²) in [6.07, 6.45) is -99.0. The molecule has 0 spiro atoms. The van der Waals surface area contributed by atoms with Crippen LogP contribution in [0.2, 0.25) is 0 Å². The lowest BCUT2D eigenvalue weighted by Crippen LogP contribution is -2.71. The van der Waals surface area contributed by atoms with Gasteiger partial charge in [-0.3, -0.25) is 24.0 Å². The Kier molecular flexibility index (Phi) is 40.2. The molecular formula is C73H123N5O53. The fourth-order valence-electron chi connectivity index (χ4n) is 16.5. The van der Waals surface area contributed by atoms with Gasteiger partial charge in [0.1, 0.15) is 226 Å². The first-order chi connectivity index (χ1) is 61.7. The Bertz CT molecular complexity index is 3610. The number of carbonyl (C=O) groups is 6. The standard InChI is InChI=1S/C73H123N5O53/c1-18-39(95)50(106)53(109)67(116-18)114-16-27(94)56(40(96)24(8-79)74-19(2)87)124-65-37(77-22(5)90)49(105)57(33(15-86)122-65)125-68-54(110)60(47(103)34(123-68)17-115-70-62(51(107)43(99)29(11-82)120-70)128-64-36(76-21(4)89)48(104)42(98)28(10-81)117-64)127-71-63(52(108)44(100)30(12-83)121-71)129-66-38(78-23(6)91)58(45(101)31(13-84)118-66)126-69-55(111)61(46(102)32(14-85)119-69)131-73(72(112)113)7-25(92)35(75-20(3)88)59(130-73)41(97)26(93)9-80/h18,24-71,79-86,92-111H,7-17H2,1-6H3,(H,74,87)(H,75,88)(H,76,89)(H,77,90)(H,78,91)(H,112,113)/t18-,24-,25-,26+,27+,28+,29+,30+,31+,32+,33+,34+,35+,36+,37+,38+,39+,40+,41+,42+,43+,44+,45+,46-,47+,48+,49+,50+,51-,52-,53-,54-,55+,56+,57+,58+,59+,60-,61-,62-,63-,64-,65-,66-,67+,68-,69-,70-,71+,73-/m0/s1. The van der Waals surface area contributed by atoms with E-state index in [1.807, 2.05) is 0 Å². The lowest BCUT2D eigenvalue weighted by Gasteiger charge is -2.52. The highest BCUT2D eigenvalue weighted by atomic mass is 16.8. The topological polar surface area (TPSA) is 915 Å². The second-order valence-corrected chi connectivity index (χ2v) is 32.9. The zero-order valence-corrected chi connectivity index (χ0v) is 70.8. The average molecular weight is 1920 g/mol. The number of aliphatic carboxylic acids is 1. The smallest absolute Gasteiger partial charge is 0.364 e. The Morgan fingerprint density at radius 3 is 1.30 bits per heavy atom. The van der Waals surface area contributed by atoms with Crippen molar-refractivity contribution in [1.82, 2.24) is 26.6 Å². The lowest BCUT2D eigenvalue weighted by molar-refractivity contribution is -0.400. The predicted octanol–water partition coefficient (Wildman–Crippen LogP) is -22.2. The van der Waals surface area contributed by atoms with Gasteiger partial charge < -0.3 is 260 Å².